The molecule has 0 aliphatic carbocycles. The van der Waals surface area contributed by atoms with Crippen molar-refractivity contribution in [2.75, 3.05) is 24.5 Å². The molecule has 1 fully saturated rings. The first-order chi connectivity index (χ1) is 11.0. The molecule has 0 aromatic heterocycles. The highest BCUT2D eigenvalue weighted by atomic mass is 19.1. The molecule has 3 N–H and O–H groups in total. The topological polar surface area (TPSA) is 58.4 Å². The van der Waals surface area contributed by atoms with Crippen LogP contribution in [0.15, 0.2) is 24.3 Å². The molecule has 1 atom stereocenters. The molecule has 1 aromatic rings. The van der Waals surface area contributed by atoms with Gasteiger partial charge in [0.2, 0.25) is 5.91 Å². The van der Waals surface area contributed by atoms with Gasteiger partial charge < -0.3 is 16.0 Å². The molecule has 1 amide bonds. The average molecular weight is 321 g/mol. The Bertz CT molecular complexity index is 522. The number of halogens is 1. The van der Waals surface area contributed by atoms with Gasteiger partial charge in [0.05, 0.1) is 5.41 Å². The Morgan fingerprint density at radius 3 is 2.78 bits per heavy atom. The maximum atomic E-state index is 13.4. The number of hydrogen-bond donors (Lipinski definition) is 2. The molecular formula is C18H28FN3O. The van der Waals surface area contributed by atoms with E-state index in [1.54, 1.807) is 12.1 Å². The van der Waals surface area contributed by atoms with Gasteiger partial charge in [0.15, 0.2) is 0 Å². The lowest BCUT2D eigenvalue weighted by atomic mass is 9.81. The van der Waals surface area contributed by atoms with E-state index < -0.39 is 5.41 Å². The fourth-order valence-corrected chi connectivity index (χ4v) is 3.29. The summed E-state index contributed by atoms with van der Waals surface area (Å²) in [5, 5.41) is 3.17. The lowest BCUT2D eigenvalue weighted by Crippen LogP contribution is -2.53. The summed E-state index contributed by atoms with van der Waals surface area (Å²) >= 11 is 0. The lowest BCUT2D eigenvalue weighted by molar-refractivity contribution is -0.131. The van der Waals surface area contributed by atoms with Gasteiger partial charge in [0.1, 0.15) is 5.82 Å². The Kier molecular flexibility index (Phi) is 5.99. The summed E-state index contributed by atoms with van der Waals surface area (Å²) in [7, 11) is 0. The van der Waals surface area contributed by atoms with E-state index in [2.05, 4.69) is 10.2 Å². The summed E-state index contributed by atoms with van der Waals surface area (Å²) in [6, 6.07) is 6.72. The van der Waals surface area contributed by atoms with Gasteiger partial charge in [-0.2, -0.15) is 0 Å². The van der Waals surface area contributed by atoms with E-state index in [4.69, 9.17) is 5.73 Å². The molecule has 0 radical (unpaired) electrons. The summed E-state index contributed by atoms with van der Waals surface area (Å²) in [5.74, 6) is -0.177. The number of carbonyl (C=O) groups is 1. The third kappa shape index (κ3) is 4.02. The van der Waals surface area contributed by atoms with Crippen LogP contribution in [0.4, 0.5) is 10.1 Å². The van der Waals surface area contributed by atoms with Gasteiger partial charge in [0.25, 0.3) is 0 Å². The second-order valence-electron chi connectivity index (χ2n) is 6.43. The molecule has 0 saturated carbocycles. The third-order valence-corrected chi connectivity index (χ3v) is 5.16. The highest BCUT2D eigenvalue weighted by molar-refractivity contribution is 5.83. The van der Waals surface area contributed by atoms with Crippen LogP contribution in [0.25, 0.3) is 0 Å². The number of nitrogens with one attached hydrogen (secondary N) is 1. The van der Waals surface area contributed by atoms with Crippen LogP contribution < -0.4 is 16.0 Å². The van der Waals surface area contributed by atoms with E-state index in [1.807, 2.05) is 19.9 Å². The summed E-state index contributed by atoms with van der Waals surface area (Å²) < 4.78 is 13.4. The minimum Gasteiger partial charge on any atom is -0.369 e. The first kappa shape index (κ1) is 17.7. The van der Waals surface area contributed by atoms with Gasteiger partial charge >= 0.3 is 0 Å². The highest BCUT2D eigenvalue weighted by Crippen LogP contribution is 2.26. The standard InChI is InChI=1S/C18H28FN3O/c1-3-18(4-2,13-20)17(23)21-15-8-6-10-22(12-15)16-9-5-7-14(19)11-16/h5,7,9,11,15H,3-4,6,8,10,12-13,20H2,1-2H3,(H,21,23). The predicted octanol–water partition coefficient (Wildman–Crippen LogP) is 2.68. The molecule has 128 valence electrons. The number of benzene rings is 1. The van der Waals surface area contributed by atoms with Crippen LogP contribution in [0.1, 0.15) is 39.5 Å². The van der Waals surface area contributed by atoms with Gasteiger partial charge in [-0.3, -0.25) is 4.79 Å². The quantitative estimate of drug-likeness (QED) is 0.847. The molecular weight excluding hydrogens is 293 g/mol. The molecule has 0 spiro atoms. The molecule has 1 saturated heterocycles. The third-order valence-electron chi connectivity index (χ3n) is 5.16. The summed E-state index contributed by atoms with van der Waals surface area (Å²) in [6.07, 6.45) is 3.42. The number of rotatable bonds is 6. The van der Waals surface area contributed by atoms with E-state index in [1.165, 1.54) is 6.07 Å². The zero-order valence-corrected chi connectivity index (χ0v) is 14.1. The molecule has 0 bridgehead atoms. The van der Waals surface area contributed by atoms with Crippen molar-refractivity contribution in [1.29, 1.82) is 0 Å². The van der Waals surface area contributed by atoms with E-state index in [-0.39, 0.29) is 17.8 Å². The van der Waals surface area contributed by atoms with Gasteiger partial charge in [-0.1, -0.05) is 19.9 Å². The second-order valence-corrected chi connectivity index (χ2v) is 6.43. The number of piperidine rings is 1. The lowest BCUT2D eigenvalue weighted by Gasteiger charge is -2.37. The SMILES string of the molecule is CCC(CC)(CN)C(=O)NC1CCCN(c2cccc(F)c2)C1. The van der Waals surface area contributed by atoms with Crippen LogP contribution in [0.5, 0.6) is 0 Å². The Labute approximate surface area is 138 Å². The van der Waals surface area contributed by atoms with Gasteiger partial charge in [-0.05, 0) is 43.9 Å². The van der Waals surface area contributed by atoms with E-state index in [0.29, 0.717) is 13.1 Å². The first-order valence-electron chi connectivity index (χ1n) is 8.56. The number of nitrogens with zero attached hydrogens (tertiary/aromatic N) is 1. The van der Waals surface area contributed by atoms with Crippen molar-refractivity contribution in [2.24, 2.45) is 11.1 Å². The molecule has 5 heteroatoms. The molecule has 4 nitrogen and oxygen atoms in total. The summed E-state index contributed by atoms with van der Waals surface area (Å²) in [6.45, 7) is 5.99. The minimum atomic E-state index is -0.471. The molecule has 1 unspecified atom stereocenters. The van der Waals surface area contributed by atoms with Crippen LogP contribution in [0.3, 0.4) is 0 Å². The first-order valence-corrected chi connectivity index (χ1v) is 8.56. The summed E-state index contributed by atoms with van der Waals surface area (Å²) in [4.78, 5) is 14.8. The molecule has 1 aromatic carbocycles. The fraction of sp³-hybridized carbons (Fsp3) is 0.611. The zero-order valence-electron chi connectivity index (χ0n) is 14.1. The average Bonchev–Trinajstić information content (AvgIpc) is 2.57. The number of carbonyl (C=O) groups excluding carboxylic acids is 1. The van der Waals surface area contributed by atoms with Crippen molar-refractivity contribution < 1.29 is 9.18 Å². The fourth-order valence-electron chi connectivity index (χ4n) is 3.29. The largest absolute Gasteiger partial charge is 0.369 e. The Balaban J connectivity index is 2.03. The van der Waals surface area contributed by atoms with Gasteiger partial charge in [-0.25, -0.2) is 4.39 Å². The van der Waals surface area contributed by atoms with Crippen molar-refractivity contribution in [2.45, 2.75) is 45.6 Å². The van der Waals surface area contributed by atoms with Crippen LogP contribution in [-0.4, -0.2) is 31.6 Å². The number of anilines is 1. The smallest absolute Gasteiger partial charge is 0.227 e. The monoisotopic (exact) mass is 321 g/mol. The molecule has 1 aliphatic heterocycles. The Hall–Kier alpha value is -1.62. The second kappa shape index (κ2) is 7.77. The van der Waals surface area contributed by atoms with Crippen molar-refractivity contribution in [3.8, 4) is 0 Å². The van der Waals surface area contributed by atoms with E-state index in [0.717, 1.165) is 37.9 Å². The zero-order chi connectivity index (χ0) is 16.9. The van der Waals surface area contributed by atoms with Crippen molar-refractivity contribution in [1.82, 2.24) is 5.32 Å². The van der Waals surface area contributed by atoms with Crippen LogP contribution in [0, 0.1) is 11.2 Å². The van der Waals surface area contributed by atoms with Crippen molar-refractivity contribution in [3.05, 3.63) is 30.1 Å². The molecule has 2 rings (SSSR count). The Morgan fingerprint density at radius 2 is 2.17 bits per heavy atom. The number of nitrogens with two attached hydrogens (primary N) is 1. The molecule has 1 heterocycles. The summed E-state index contributed by atoms with van der Waals surface area (Å²) in [5.41, 5.74) is 6.26. The van der Waals surface area contributed by atoms with Gasteiger partial charge in [-0.15, -0.1) is 0 Å². The maximum Gasteiger partial charge on any atom is 0.227 e. The Morgan fingerprint density at radius 1 is 1.43 bits per heavy atom. The normalized spacial score (nSPS) is 18.8. The van der Waals surface area contributed by atoms with Crippen molar-refractivity contribution >= 4 is 11.6 Å². The van der Waals surface area contributed by atoms with E-state index in [9.17, 15) is 9.18 Å². The van der Waals surface area contributed by atoms with Crippen LogP contribution >= 0.6 is 0 Å². The predicted molar refractivity (Wildman–Crippen MR) is 91.8 cm³/mol. The van der Waals surface area contributed by atoms with E-state index >= 15 is 0 Å². The van der Waals surface area contributed by atoms with Crippen LogP contribution in [-0.2, 0) is 4.79 Å². The van der Waals surface area contributed by atoms with Crippen LogP contribution in [0.2, 0.25) is 0 Å². The maximum absolute atomic E-state index is 13.4. The minimum absolute atomic E-state index is 0.0519. The molecule has 1 aliphatic rings. The highest BCUT2D eigenvalue weighted by Gasteiger charge is 2.35. The van der Waals surface area contributed by atoms with Gasteiger partial charge in [0, 0.05) is 31.4 Å². The number of hydrogen-bond acceptors (Lipinski definition) is 3. The molecule has 23 heavy (non-hydrogen) atoms. The number of amides is 1. The van der Waals surface area contributed by atoms with Crippen molar-refractivity contribution in [3.63, 3.8) is 0 Å².